The summed E-state index contributed by atoms with van der Waals surface area (Å²) in [5.41, 5.74) is 2.69. The van der Waals surface area contributed by atoms with Crippen LogP contribution < -0.4 is 0 Å². The lowest BCUT2D eigenvalue weighted by molar-refractivity contribution is 0.866. The molecule has 0 aliphatic carbocycles. The number of rotatable bonds is 2. The Morgan fingerprint density at radius 1 is 0.933 bits per heavy atom. The van der Waals surface area contributed by atoms with Crippen LogP contribution in [0.5, 0.6) is 0 Å². The van der Waals surface area contributed by atoms with E-state index in [0.29, 0.717) is 5.92 Å². The second kappa shape index (κ2) is 11.6. The SMILES string of the molecule is CC.CC.CC(C)c1ccc(CS)cc1. The van der Waals surface area contributed by atoms with Crippen molar-refractivity contribution in [3.05, 3.63) is 35.4 Å². The molecule has 0 aromatic heterocycles. The maximum Gasteiger partial charge on any atom is 0.0154 e. The van der Waals surface area contributed by atoms with Gasteiger partial charge in [0.15, 0.2) is 0 Å². The van der Waals surface area contributed by atoms with Gasteiger partial charge in [0.1, 0.15) is 0 Å². The molecule has 0 aliphatic heterocycles. The lowest BCUT2D eigenvalue weighted by Crippen LogP contribution is -1.86. The van der Waals surface area contributed by atoms with Gasteiger partial charge in [-0.2, -0.15) is 12.6 Å². The summed E-state index contributed by atoms with van der Waals surface area (Å²) in [4.78, 5) is 0. The first-order valence-electron chi connectivity index (χ1n) is 5.93. The molecule has 0 saturated carbocycles. The molecule has 15 heavy (non-hydrogen) atoms. The van der Waals surface area contributed by atoms with Gasteiger partial charge >= 0.3 is 0 Å². The van der Waals surface area contributed by atoms with Crippen molar-refractivity contribution < 1.29 is 0 Å². The summed E-state index contributed by atoms with van der Waals surface area (Å²) in [7, 11) is 0. The van der Waals surface area contributed by atoms with E-state index < -0.39 is 0 Å². The lowest BCUT2D eigenvalue weighted by Gasteiger charge is -2.04. The van der Waals surface area contributed by atoms with Gasteiger partial charge in [-0.15, -0.1) is 0 Å². The Morgan fingerprint density at radius 3 is 1.60 bits per heavy atom. The highest BCUT2D eigenvalue weighted by Crippen LogP contribution is 2.15. The fourth-order valence-electron chi connectivity index (χ4n) is 1.01. The minimum atomic E-state index is 0.629. The molecular formula is C14H26S. The summed E-state index contributed by atoms with van der Waals surface area (Å²) in [5, 5.41) is 0. The third-order valence-corrected chi connectivity index (χ3v) is 2.19. The van der Waals surface area contributed by atoms with Crippen LogP contribution in [0.4, 0.5) is 0 Å². The predicted molar refractivity (Wildman–Crippen MR) is 75.9 cm³/mol. The van der Waals surface area contributed by atoms with Crippen LogP contribution in [0.15, 0.2) is 24.3 Å². The van der Waals surface area contributed by atoms with Gasteiger partial charge < -0.3 is 0 Å². The Morgan fingerprint density at radius 2 is 1.33 bits per heavy atom. The number of hydrogen-bond donors (Lipinski definition) is 1. The largest absolute Gasteiger partial charge is 0.175 e. The summed E-state index contributed by atoms with van der Waals surface area (Å²) in [6.45, 7) is 12.4. The van der Waals surface area contributed by atoms with Crippen molar-refractivity contribution in [1.29, 1.82) is 0 Å². The summed E-state index contributed by atoms with van der Waals surface area (Å²) >= 11 is 4.20. The van der Waals surface area contributed by atoms with Gasteiger partial charge in [0.25, 0.3) is 0 Å². The average Bonchev–Trinajstić information content (AvgIpc) is 2.34. The highest BCUT2D eigenvalue weighted by atomic mass is 32.1. The number of benzene rings is 1. The molecule has 0 heterocycles. The van der Waals surface area contributed by atoms with E-state index >= 15 is 0 Å². The van der Waals surface area contributed by atoms with Crippen molar-refractivity contribution in [3.8, 4) is 0 Å². The van der Waals surface area contributed by atoms with Crippen molar-refractivity contribution in [2.45, 2.75) is 53.2 Å². The smallest absolute Gasteiger partial charge is 0.0154 e. The molecule has 1 aromatic rings. The van der Waals surface area contributed by atoms with E-state index in [1.165, 1.54) is 11.1 Å². The van der Waals surface area contributed by atoms with Gasteiger partial charge in [-0.25, -0.2) is 0 Å². The molecule has 1 aromatic carbocycles. The molecule has 0 fully saturated rings. The topological polar surface area (TPSA) is 0 Å². The fourth-order valence-corrected chi connectivity index (χ4v) is 1.22. The maximum absolute atomic E-state index is 4.20. The summed E-state index contributed by atoms with van der Waals surface area (Å²) in [5.74, 6) is 1.46. The summed E-state index contributed by atoms with van der Waals surface area (Å²) < 4.78 is 0. The first kappa shape index (κ1) is 17.0. The Kier molecular flexibility index (Phi) is 13.2. The molecule has 1 rings (SSSR count). The van der Waals surface area contributed by atoms with E-state index in [0.717, 1.165) is 5.75 Å². The van der Waals surface area contributed by atoms with Crippen molar-refractivity contribution in [1.82, 2.24) is 0 Å². The number of hydrogen-bond acceptors (Lipinski definition) is 1. The van der Waals surface area contributed by atoms with Crippen molar-refractivity contribution in [2.24, 2.45) is 0 Å². The molecule has 0 bridgehead atoms. The molecule has 0 atom stereocenters. The third kappa shape index (κ3) is 7.49. The third-order valence-electron chi connectivity index (χ3n) is 1.83. The fraction of sp³-hybridized carbons (Fsp3) is 0.571. The predicted octanol–water partition coefficient (Wildman–Crippen LogP) is 5.29. The van der Waals surface area contributed by atoms with Gasteiger partial charge in [0.2, 0.25) is 0 Å². The van der Waals surface area contributed by atoms with Gasteiger partial charge in [-0.3, -0.25) is 0 Å². The second-order valence-electron chi connectivity index (χ2n) is 3.05. The van der Waals surface area contributed by atoms with Crippen LogP contribution in [0.3, 0.4) is 0 Å². The molecule has 0 spiro atoms. The van der Waals surface area contributed by atoms with Crippen LogP contribution in [0.1, 0.15) is 58.6 Å². The molecule has 1 heteroatoms. The van der Waals surface area contributed by atoms with Gasteiger partial charge in [-0.1, -0.05) is 65.8 Å². The minimum absolute atomic E-state index is 0.629. The number of thiol groups is 1. The van der Waals surface area contributed by atoms with Crippen LogP contribution in [0.2, 0.25) is 0 Å². The van der Waals surface area contributed by atoms with E-state index in [9.17, 15) is 0 Å². The average molecular weight is 226 g/mol. The van der Waals surface area contributed by atoms with Crippen LogP contribution >= 0.6 is 12.6 Å². The molecule has 0 saturated heterocycles. The van der Waals surface area contributed by atoms with Crippen molar-refractivity contribution in [3.63, 3.8) is 0 Å². The lowest BCUT2D eigenvalue weighted by atomic mass is 10.0. The zero-order valence-corrected chi connectivity index (χ0v) is 11.9. The van der Waals surface area contributed by atoms with Gasteiger partial charge in [0, 0.05) is 5.75 Å². The molecule has 0 N–H and O–H groups in total. The summed E-state index contributed by atoms with van der Waals surface area (Å²) in [6.07, 6.45) is 0. The second-order valence-corrected chi connectivity index (χ2v) is 3.37. The van der Waals surface area contributed by atoms with Gasteiger partial charge in [-0.05, 0) is 17.0 Å². The monoisotopic (exact) mass is 226 g/mol. The Bertz CT molecular complexity index is 211. The molecule has 0 unspecified atom stereocenters. The van der Waals surface area contributed by atoms with Crippen LogP contribution in [0.25, 0.3) is 0 Å². The van der Waals surface area contributed by atoms with E-state index in [4.69, 9.17) is 0 Å². The van der Waals surface area contributed by atoms with Crippen LogP contribution in [-0.2, 0) is 5.75 Å². The maximum atomic E-state index is 4.20. The zero-order valence-electron chi connectivity index (χ0n) is 11.0. The first-order chi connectivity index (χ1) is 7.24. The Hall–Kier alpha value is -0.430. The molecule has 0 amide bonds. The first-order valence-corrected chi connectivity index (χ1v) is 6.57. The molecular weight excluding hydrogens is 200 g/mol. The Balaban J connectivity index is 0. The molecule has 0 aliphatic rings. The highest BCUT2D eigenvalue weighted by molar-refractivity contribution is 7.79. The molecule has 0 nitrogen and oxygen atoms in total. The van der Waals surface area contributed by atoms with Crippen molar-refractivity contribution >= 4 is 12.6 Å². The minimum Gasteiger partial charge on any atom is -0.175 e. The van der Waals surface area contributed by atoms with E-state index in [2.05, 4.69) is 50.7 Å². The van der Waals surface area contributed by atoms with Gasteiger partial charge in [0.05, 0.1) is 0 Å². The van der Waals surface area contributed by atoms with E-state index in [1.54, 1.807) is 0 Å². The quantitative estimate of drug-likeness (QED) is 0.651. The Labute approximate surface area is 102 Å². The van der Waals surface area contributed by atoms with E-state index in [-0.39, 0.29) is 0 Å². The molecule has 88 valence electrons. The summed E-state index contributed by atoms with van der Waals surface area (Å²) in [6, 6.07) is 8.64. The van der Waals surface area contributed by atoms with Crippen LogP contribution in [-0.4, -0.2) is 0 Å². The zero-order chi connectivity index (χ0) is 12.3. The van der Waals surface area contributed by atoms with Crippen molar-refractivity contribution in [2.75, 3.05) is 0 Å². The van der Waals surface area contributed by atoms with E-state index in [1.807, 2.05) is 27.7 Å². The van der Waals surface area contributed by atoms with Crippen LogP contribution in [0, 0.1) is 0 Å². The normalized spacial score (nSPS) is 8.53. The molecule has 0 radical (unpaired) electrons. The standard InChI is InChI=1S/C10H14S.2C2H6/c1-8(2)10-5-3-9(7-11)4-6-10;2*1-2/h3-6,8,11H,7H2,1-2H3;2*1-2H3. The highest BCUT2D eigenvalue weighted by Gasteiger charge is 1.96.